The van der Waals surface area contributed by atoms with E-state index in [1.165, 1.54) is 4.31 Å². The van der Waals surface area contributed by atoms with Crippen LogP contribution in [0.4, 0.5) is 5.69 Å². The molecule has 18 heavy (non-hydrogen) atoms. The van der Waals surface area contributed by atoms with Gasteiger partial charge < -0.3 is 5.73 Å². The summed E-state index contributed by atoms with van der Waals surface area (Å²) in [5, 5.41) is 0. The molecule has 1 aromatic rings. The maximum atomic E-state index is 12.0. The van der Waals surface area contributed by atoms with Crippen molar-refractivity contribution in [2.24, 2.45) is 11.7 Å². The fraction of sp³-hybridized carbons (Fsp3) is 0.500. The van der Waals surface area contributed by atoms with E-state index in [4.69, 9.17) is 5.73 Å². The molecule has 1 unspecified atom stereocenters. The average Bonchev–Trinajstić information content (AvgIpc) is 2.33. The largest absolute Gasteiger partial charge is 0.330 e. The van der Waals surface area contributed by atoms with Crippen LogP contribution in [0.3, 0.4) is 0 Å². The highest BCUT2D eigenvalue weighted by Gasteiger charge is 2.30. The van der Waals surface area contributed by atoms with Crippen molar-refractivity contribution in [2.75, 3.05) is 23.9 Å². The first-order valence-electron chi connectivity index (χ1n) is 6.07. The molecule has 5 nitrogen and oxygen atoms in total. The fourth-order valence-electron chi connectivity index (χ4n) is 2.08. The van der Waals surface area contributed by atoms with E-state index in [1.807, 2.05) is 31.2 Å². The zero-order valence-electron chi connectivity index (χ0n) is 10.5. The number of aryl methyl sites for hydroxylation is 1. The summed E-state index contributed by atoms with van der Waals surface area (Å²) < 4.78 is 28.0. The van der Waals surface area contributed by atoms with Gasteiger partial charge in [-0.15, -0.1) is 0 Å². The molecule has 1 atom stereocenters. The van der Waals surface area contributed by atoms with Gasteiger partial charge in [0.15, 0.2) is 0 Å². The van der Waals surface area contributed by atoms with E-state index in [0.29, 0.717) is 25.3 Å². The van der Waals surface area contributed by atoms with Crippen LogP contribution in [0, 0.1) is 12.8 Å². The molecular formula is C12H19N3O2S. The lowest BCUT2D eigenvalue weighted by Gasteiger charge is -2.34. The second-order valence-electron chi connectivity index (χ2n) is 4.66. The van der Waals surface area contributed by atoms with Crippen molar-refractivity contribution in [1.29, 1.82) is 0 Å². The Kier molecular flexibility index (Phi) is 3.89. The molecule has 0 radical (unpaired) electrons. The standard InChI is InChI=1S/C12H19N3O2S/c1-10-2-4-12(5-3-10)15-9-11(6-7-13)8-14-18(15,16)17/h2-5,11,14H,6-9,13H2,1H3. The fourth-order valence-corrected chi connectivity index (χ4v) is 3.49. The third kappa shape index (κ3) is 2.82. The van der Waals surface area contributed by atoms with E-state index in [0.717, 1.165) is 12.0 Å². The quantitative estimate of drug-likeness (QED) is 0.844. The van der Waals surface area contributed by atoms with Crippen molar-refractivity contribution in [1.82, 2.24) is 4.72 Å². The lowest BCUT2D eigenvalue weighted by Crippen LogP contribution is -2.51. The van der Waals surface area contributed by atoms with Crippen LogP contribution in [0.25, 0.3) is 0 Å². The molecule has 1 heterocycles. The van der Waals surface area contributed by atoms with Crippen LogP contribution < -0.4 is 14.8 Å². The van der Waals surface area contributed by atoms with Crippen molar-refractivity contribution in [3.63, 3.8) is 0 Å². The summed E-state index contributed by atoms with van der Waals surface area (Å²) in [7, 11) is -3.40. The Bertz CT molecular complexity index is 499. The second kappa shape index (κ2) is 5.26. The van der Waals surface area contributed by atoms with Gasteiger partial charge in [0.2, 0.25) is 0 Å². The highest BCUT2D eigenvalue weighted by atomic mass is 32.2. The molecule has 6 heteroatoms. The van der Waals surface area contributed by atoms with Crippen LogP contribution in [0.1, 0.15) is 12.0 Å². The van der Waals surface area contributed by atoms with Gasteiger partial charge in [0.25, 0.3) is 0 Å². The number of benzene rings is 1. The smallest absolute Gasteiger partial charge is 0.301 e. The summed E-state index contributed by atoms with van der Waals surface area (Å²) in [5.41, 5.74) is 7.35. The molecular weight excluding hydrogens is 250 g/mol. The van der Waals surface area contributed by atoms with Crippen molar-refractivity contribution in [2.45, 2.75) is 13.3 Å². The molecule has 0 spiro atoms. The molecule has 3 N–H and O–H groups in total. The minimum Gasteiger partial charge on any atom is -0.330 e. The number of nitrogens with one attached hydrogen (secondary N) is 1. The summed E-state index contributed by atoms with van der Waals surface area (Å²) in [6.45, 7) is 3.52. The second-order valence-corrected chi connectivity index (χ2v) is 6.34. The van der Waals surface area contributed by atoms with Crippen LogP contribution in [0.5, 0.6) is 0 Å². The monoisotopic (exact) mass is 269 g/mol. The van der Waals surface area contributed by atoms with E-state index in [-0.39, 0.29) is 5.92 Å². The summed E-state index contributed by atoms with van der Waals surface area (Å²) in [6, 6.07) is 7.49. The molecule has 1 saturated heterocycles. The molecule has 1 fully saturated rings. The molecule has 1 aliphatic heterocycles. The van der Waals surface area contributed by atoms with E-state index < -0.39 is 10.2 Å². The van der Waals surface area contributed by atoms with Crippen molar-refractivity contribution >= 4 is 15.9 Å². The highest BCUT2D eigenvalue weighted by molar-refractivity contribution is 7.90. The predicted molar refractivity (Wildman–Crippen MR) is 72.6 cm³/mol. The number of anilines is 1. The van der Waals surface area contributed by atoms with Gasteiger partial charge in [-0.25, -0.2) is 0 Å². The number of hydrogen-bond donors (Lipinski definition) is 2. The Balaban J connectivity index is 2.24. The van der Waals surface area contributed by atoms with Gasteiger partial charge in [0, 0.05) is 13.1 Å². The summed E-state index contributed by atoms with van der Waals surface area (Å²) >= 11 is 0. The van der Waals surface area contributed by atoms with Crippen molar-refractivity contribution in [3.05, 3.63) is 29.8 Å². The Morgan fingerprint density at radius 2 is 2.06 bits per heavy atom. The molecule has 0 aromatic heterocycles. The van der Waals surface area contributed by atoms with E-state index in [9.17, 15) is 8.42 Å². The third-order valence-electron chi connectivity index (χ3n) is 3.17. The van der Waals surface area contributed by atoms with E-state index in [2.05, 4.69) is 4.72 Å². The molecule has 2 rings (SSSR count). The number of nitrogens with zero attached hydrogens (tertiary/aromatic N) is 1. The normalized spacial score (nSPS) is 23.0. The minimum absolute atomic E-state index is 0.264. The molecule has 1 aliphatic rings. The average molecular weight is 269 g/mol. The molecule has 0 bridgehead atoms. The Morgan fingerprint density at radius 3 is 2.67 bits per heavy atom. The first-order chi connectivity index (χ1) is 8.53. The Labute approximate surface area is 108 Å². The summed E-state index contributed by atoms with van der Waals surface area (Å²) in [4.78, 5) is 0. The van der Waals surface area contributed by atoms with Gasteiger partial charge in [-0.3, -0.25) is 4.31 Å². The molecule has 1 aromatic carbocycles. The first kappa shape index (κ1) is 13.3. The number of nitrogens with two attached hydrogens (primary N) is 1. The van der Waals surface area contributed by atoms with Crippen LogP contribution in [-0.4, -0.2) is 28.1 Å². The third-order valence-corrected chi connectivity index (χ3v) is 4.64. The SMILES string of the molecule is Cc1ccc(N2CC(CCN)CNS2(=O)=O)cc1. The van der Waals surface area contributed by atoms with Gasteiger partial charge in [-0.1, -0.05) is 17.7 Å². The maximum absolute atomic E-state index is 12.0. The predicted octanol–water partition coefficient (Wildman–Crippen LogP) is 0.614. The minimum atomic E-state index is -3.40. The van der Waals surface area contributed by atoms with Gasteiger partial charge in [-0.2, -0.15) is 13.1 Å². The van der Waals surface area contributed by atoms with Crippen molar-refractivity contribution < 1.29 is 8.42 Å². The maximum Gasteiger partial charge on any atom is 0.301 e. The van der Waals surface area contributed by atoms with Crippen molar-refractivity contribution in [3.8, 4) is 0 Å². The molecule has 0 saturated carbocycles. The number of rotatable bonds is 3. The lowest BCUT2D eigenvalue weighted by molar-refractivity contribution is 0.459. The van der Waals surface area contributed by atoms with E-state index >= 15 is 0 Å². The zero-order valence-corrected chi connectivity index (χ0v) is 11.3. The van der Waals surface area contributed by atoms with Gasteiger partial charge >= 0.3 is 10.2 Å². The van der Waals surface area contributed by atoms with Crippen LogP contribution in [0.15, 0.2) is 24.3 Å². The summed E-state index contributed by atoms with van der Waals surface area (Å²) in [5.74, 6) is 0.264. The highest BCUT2D eigenvalue weighted by Crippen LogP contribution is 2.23. The Hall–Kier alpha value is -1.11. The van der Waals surface area contributed by atoms with Crippen LogP contribution in [-0.2, 0) is 10.2 Å². The zero-order chi connectivity index (χ0) is 13.2. The molecule has 0 aliphatic carbocycles. The summed E-state index contributed by atoms with van der Waals surface area (Å²) in [6.07, 6.45) is 0.824. The molecule has 100 valence electrons. The van der Waals surface area contributed by atoms with Gasteiger partial charge in [0.05, 0.1) is 5.69 Å². The number of hydrogen-bond acceptors (Lipinski definition) is 3. The van der Waals surface area contributed by atoms with Crippen LogP contribution in [0.2, 0.25) is 0 Å². The van der Waals surface area contributed by atoms with Crippen LogP contribution >= 0.6 is 0 Å². The Morgan fingerprint density at radius 1 is 1.39 bits per heavy atom. The van der Waals surface area contributed by atoms with Gasteiger partial charge in [-0.05, 0) is 37.9 Å². The lowest BCUT2D eigenvalue weighted by atomic mass is 10.1. The van der Waals surface area contributed by atoms with Gasteiger partial charge in [0.1, 0.15) is 0 Å². The molecule has 0 amide bonds. The first-order valence-corrected chi connectivity index (χ1v) is 7.51. The topological polar surface area (TPSA) is 75.4 Å². The van der Waals surface area contributed by atoms with E-state index in [1.54, 1.807) is 0 Å².